The van der Waals surface area contributed by atoms with Crippen LogP contribution >= 0.6 is 0 Å². The number of nitrogens with zero attached hydrogens (tertiary/aromatic N) is 1. The van der Waals surface area contributed by atoms with E-state index < -0.39 is 0 Å². The maximum atomic E-state index is 8.34. The molecule has 5 heteroatoms. The van der Waals surface area contributed by atoms with Gasteiger partial charge in [0.05, 0.1) is 6.61 Å². The van der Waals surface area contributed by atoms with Crippen molar-refractivity contribution in [3.63, 3.8) is 0 Å². The van der Waals surface area contributed by atoms with Gasteiger partial charge in [0.1, 0.15) is 6.61 Å². The van der Waals surface area contributed by atoms with Crippen LogP contribution in [0.3, 0.4) is 0 Å². The average Bonchev–Trinajstić information content (AvgIpc) is 2.28. The third kappa shape index (κ3) is 3.38. The molecule has 0 aliphatic carbocycles. The fourth-order valence-electron chi connectivity index (χ4n) is 1.02. The quantitative estimate of drug-likeness (QED) is 0.331. The molecule has 5 nitrogen and oxygen atoms in total. The van der Waals surface area contributed by atoms with Gasteiger partial charge in [-0.2, -0.15) is 0 Å². The minimum atomic E-state index is 0.0151. The predicted octanol–water partition coefficient (Wildman–Crippen LogP) is 1.21. The lowest BCUT2D eigenvalue weighted by Crippen LogP contribution is -2.21. The first-order valence-electron chi connectivity index (χ1n) is 4.59. The summed E-state index contributed by atoms with van der Waals surface area (Å²) in [5.41, 5.74) is 5.28. The Hall–Kier alpha value is -1.91. The van der Waals surface area contributed by atoms with Crippen molar-refractivity contribution in [3.8, 4) is 11.5 Å². The van der Waals surface area contributed by atoms with Crippen molar-refractivity contribution in [2.75, 3.05) is 13.2 Å². The predicted molar refractivity (Wildman–Crippen MR) is 56.5 cm³/mol. The fraction of sp³-hybridized carbons (Fsp3) is 0.300. The van der Waals surface area contributed by atoms with Crippen LogP contribution in [0.25, 0.3) is 0 Å². The molecule has 0 fully saturated rings. The monoisotopic (exact) mass is 210 g/mol. The number of hydrogen-bond acceptors (Lipinski definition) is 4. The Bertz CT molecular complexity index is 339. The molecule has 1 aromatic rings. The summed E-state index contributed by atoms with van der Waals surface area (Å²) in [6.45, 7) is 2.48. The van der Waals surface area contributed by atoms with E-state index in [0.29, 0.717) is 18.1 Å². The maximum absolute atomic E-state index is 8.34. The molecule has 0 saturated heterocycles. The van der Waals surface area contributed by atoms with Gasteiger partial charge in [-0.05, 0) is 19.1 Å². The molecule has 0 unspecified atom stereocenters. The highest BCUT2D eigenvalue weighted by Crippen LogP contribution is 2.25. The topological polar surface area (TPSA) is 77.1 Å². The van der Waals surface area contributed by atoms with Crippen LogP contribution in [0.4, 0.5) is 0 Å². The fourth-order valence-corrected chi connectivity index (χ4v) is 1.02. The number of hydrogen-bond donors (Lipinski definition) is 2. The van der Waals surface area contributed by atoms with Crippen LogP contribution in [-0.4, -0.2) is 24.3 Å². The number of amidine groups is 1. The van der Waals surface area contributed by atoms with E-state index in [9.17, 15) is 0 Å². The van der Waals surface area contributed by atoms with Gasteiger partial charge in [-0.15, -0.1) is 0 Å². The van der Waals surface area contributed by atoms with E-state index in [2.05, 4.69) is 5.16 Å². The van der Waals surface area contributed by atoms with Crippen molar-refractivity contribution in [2.45, 2.75) is 6.92 Å². The Morgan fingerprint density at radius 1 is 1.33 bits per heavy atom. The highest BCUT2D eigenvalue weighted by molar-refractivity contribution is 5.81. The lowest BCUT2D eigenvalue weighted by atomic mass is 10.3. The van der Waals surface area contributed by atoms with Crippen LogP contribution in [0, 0.1) is 0 Å². The van der Waals surface area contributed by atoms with Crippen molar-refractivity contribution >= 4 is 5.84 Å². The van der Waals surface area contributed by atoms with E-state index in [4.69, 9.17) is 20.4 Å². The molecule has 0 aliphatic rings. The number of benzene rings is 1. The van der Waals surface area contributed by atoms with E-state index in [1.54, 1.807) is 12.1 Å². The summed E-state index contributed by atoms with van der Waals surface area (Å²) >= 11 is 0. The van der Waals surface area contributed by atoms with Gasteiger partial charge < -0.3 is 20.4 Å². The van der Waals surface area contributed by atoms with E-state index in [-0.39, 0.29) is 12.4 Å². The molecule has 0 saturated carbocycles. The van der Waals surface area contributed by atoms with E-state index >= 15 is 0 Å². The van der Waals surface area contributed by atoms with E-state index in [1.165, 1.54) is 0 Å². The first-order valence-corrected chi connectivity index (χ1v) is 4.59. The summed E-state index contributed by atoms with van der Waals surface area (Å²) in [5, 5.41) is 11.1. The van der Waals surface area contributed by atoms with Gasteiger partial charge >= 0.3 is 0 Å². The normalized spacial score (nSPS) is 11.1. The number of oxime groups is 1. The van der Waals surface area contributed by atoms with Gasteiger partial charge in [-0.3, -0.25) is 0 Å². The number of nitrogens with two attached hydrogens (primary N) is 1. The molecule has 0 aliphatic heterocycles. The Morgan fingerprint density at radius 3 is 2.47 bits per heavy atom. The summed E-state index contributed by atoms with van der Waals surface area (Å²) < 4.78 is 10.6. The molecule has 0 radical (unpaired) electrons. The number of rotatable bonds is 5. The van der Waals surface area contributed by atoms with Crippen molar-refractivity contribution in [1.29, 1.82) is 0 Å². The zero-order valence-corrected chi connectivity index (χ0v) is 8.51. The lowest BCUT2D eigenvalue weighted by Gasteiger charge is -2.10. The number of para-hydroxylation sites is 2. The van der Waals surface area contributed by atoms with Crippen molar-refractivity contribution < 1.29 is 14.7 Å². The van der Waals surface area contributed by atoms with Gasteiger partial charge in [-0.1, -0.05) is 17.3 Å². The van der Waals surface area contributed by atoms with Crippen LogP contribution in [-0.2, 0) is 0 Å². The standard InChI is InChI=1S/C10H14N2O3/c1-2-14-8-5-3-4-6-9(8)15-7-10(11)12-13/h3-6,13H,2,7H2,1H3,(H2,11,12). The first kappa shape index (κ1) is 11.2. The smallest absolute Gasteiger partial charge is 0.177 e. The minimum Gasteiger partial charge on any atom is -0.490 e. The average molecular weight is 210 g/mol. The zero-order valence-electron chi connectivity index (χ0n) is 8.51. The van der Waals surface area contributed by atoms with Crippen molar-refractivity contribution in [1.82, 2.24) is 0 Å². The molecular formula is C10H14N2O3. The third-order valence-corrected chi connectivity index (χ3v) is 1.65. The van der Waals surface area contributed by atoms with Crippen LogP contribution in [0.2, 0.25) is 0 Å². The highest BCUT2D eigenvalue weighted by Gasteiger charge is 2.03. The van der Waals surface area contributed by atoms with Crippen LogP contribution in [0.15, 0.2) is 29.4 Å². The second-order valence-corrected chi connectivity index (χ2v) is 2.76. The van der Waals surface area contributed by atoms with Gasteiger partial charge in [0.25, 0.3) is 0 Å². The van der Waals surface area contributed by atoms with Gasteiger partial charge in [0, 0.05) is 0 Å². The molecular weight excluding hydrogens is 196 g/mol. The lowest BCUT2D eigenvalue weighted by molar-refractivity contribution is 0.290. The molecule has 0 atom stereocenters. The van der Waals surface area contributed by atoms with Crippen LogP contribution in [0.5, 0.6) is 11.5 Å². The highest BCUT2D eigenvalue weighted by atomic mass is 16.5. The summed E-state index contributed by atoms with van der Waals surface area (Å²) in [7, 11) is 0. The van der Waals surface area contributed by atoms with Gasteiger partial charge in [0.15, 0.2) is 17.3 Å². The minimum absolute atomic E-state index is 0.0151. The van der Waals surface area contributed by atoms with Crippen LogP contribution < -0.4 is 15.2 Å². The van der Waals surface area contributed by atoms with Crippen molar-refractivity contribution in [2.24, 2.45) is 10.9 Å². The molecule has 0 aromatic heterocycles. The first-order chi connectivity index (χ1) is 7.27. The van der Waals surface area contributed by atoms with E-state index in [0.717, 1.165) is 0 Å². The molecule has 1 aromatic carbocycles. The Balaban J connectivity index is 2.66. The van der Waals surface area contributed by atoms with Gasteiger partial charge in [0.2, 0.25) is 0 Å². The molecule has 3 N–H and O–H groups in total. The molecule has 0 spiro atoms. The Kier molecular flexibility index (Phi) is 4.28. The SMILES string of the molecule is CCOc1ccccc1OC/C(N)=N/O. The Labute approximate surface area is 88.1 Å². The number of ether oxygens (including phenoxy) is 2. The molecule has 0 amide bonds. The zero-order chi connectivity index (χ0) is 11.1. The molecule has 1 rings (SSSR count). The summed E-state index contributed by atoms with van der Waals surface area (Å²) in [5.74, 6) is 1.23. The third-order valence-electron chi connectivity index (χ3n) is 1.65. The van der Waals surface area contributed by atoms with Crippen molar-refractivity contribution in [3.05, 3.63) is 24.3 Å². The summed E-state index contributed by atoms with van der Waals surface area (Å²) in [4.78, 5) is 0. The summed E-state index contributed by atoms with van der Waals surface area (Å²) in [6.07, 6.45) is 0. The van der Waals surface area contributed by atoms with Gasteiger partial charge in [-0.25, -0.2) is 0 Å². The Morgan fingerprint density at radius 2 is 1.93 bits per heavy atom. The summed E-state index contributed by atoms with van der Waals surface area (Å²) in [6, 6.07) is 7.23. The molecule has 82 valence electrons. The molecule has 15 heavy (non-hydrogen) atoms. The second kappa shape index (κ2) is 5.74. The molecule has 0 bridgehead atoms. The van der Waals surface area contributed by atoms with E-state index in [1.807, 2.05) is 19.1 Å². The molecule has 0 heterocycles. The van der Waals surface area contributed by atoms with Crippen LogP contribution in [0.1, 0.15) is 6.92 Å². The second-order valence-electron chi connectivity index (χ2n) is 2.76. The maximum Gasteiger partial charge on any atom is 0.177 e. The largest absolute Gasteiger partial charge is 0.490 e.